The van der Waals surface area contributed by atoms with Gasteiger partial charge in [-0.2, -0.15) is 0 Å². The molecule has 126 valence electrons. The van der Waals surface area contributed by atoms with Gasteiger partial charge in [-0.1, -0.05) is 39.3 Å². The van der Waals surface area contributed by atoms with E-state index < -0.39 is 24.5 Å². The van der Waals surface area contributed by atoms with Crippen LogP contribution in [0, 0.1) is 0 Å². The Bertz CT molecular complexity index is 538. The number of hydrogen-bond acceptors (Lipinski definition) is 4. The van der Waals surface area contributed by atoms with Crippen molar-refractivity contribution in [2.24, 2.45) is 0 Å². The van der Waals surface area contributed by atoms with E-state index in [4.69, 9.17) is 4.74 Å². The Balaban J connectivity index is 2.37. The van der Waals surface area contributed by atoms with Crippen molar-refractivity contribution in [2.45, 2.75) is 39.5 Å². The number of hydrogen-bond donors (Lipinski definition) is 2. The van der Waals surface area contributed by atoms with Gasteiger partial charge in [0, 0.05) is 6.54 Å². The number of ether oxygens (including phenoxy) is 1. The summed E-state index contributed by atoms with van der Waals surface area (Å²) in [7, 11) is 0. The third-order valence-electron chi connectivity index (χ3n) is 3.22. The fraction of sp³-hybridized carbons (Fsp3) is 0.471. The molecule has 0 unspecified atom stereocenters. The highest BCUT2D eigenvalue weighted by Gasteiger charge is 2.12. The number of unbranched alkanes of at least 4 members (excludes halogenated alkanes) is 1. The third-order valence-corrected chi connectivity index (χ3v) is 3.22. The van der Waals surface area contributed by atoms with Crippen LogP contribution in [0.15, 0.2) is 24.3 Å². The standard InChI is InChI=1S/C17H24N2O4/c1-4-5-10-18-17(22)19-15(20)11-23-16(21)14-8-6-13(7-9-14)12(2)3/h6-9,12H,4-5,10-11H2,1-3H3,(H2,18,19,20,22). The first-order chi connectivity index (χ1) is 10.9. The van der Waals surface area contributed by atoms with Gasteiger partial charge in [0.2, 0.25) is 0 Å². The Kier molecular flexibility index (Phi) is 7.80. The number of urea groups is 1. The first-order valence-corrected chi connectivity index (χ1v) is 7.78. The monoisotopic (exact) mass is 320 g/mol. The van der Waals surface area contributed by atoms with Gasteiger partial charge in [-0.25, -0.2) is 9.59 Å². The van der Waals surface area contributed by atoms with Gasteiger partial charge in [0.15, 0.2) is 6.61 Å². The molecule has 0 aliphatic carbocycles. The topological polar surface area (TPSA) is 84.5 Å². The second kappa shape index (κ2) is 9.61. The van der Waals surface area contributed by atoms with Crippen LogP contribution in [0.2, 0.25) is 0 Å². The second-order valence-electron chi connectivity index (χ2n) is 5.51. The predicted molar refractivity (Wildman–Crippen MR) is 87.3 cm³/mol. The van der Waals surface area contributed by atoms with E-state index in [0.29, 0.717) is 18.0 Å². The summed E-state index contributed by atoms with van der Waals surface area (Å²) in [5.41, 5.74) is 1.48. The molecule has 0 aromatic heterocycles. The van der Waals surface area contributed by atoms with Gasteiger partial charge in [-0.3, -0.25) is 10.1 Å². The Hall–Kier alpha value is -2.37. The van der Waals surface area contributed by atoms with Crippen LogP contribution in [0.3, 0.4) is 0 Å². The Morgan fingerprint density at radius 1 is 1.13 bits per heavy atom. The molecule has 2 N–H and O–H groups in total. The summed E-state index contributed by atoms with van der Waals surface area (Å²) in [6.45, 7) is 6.12. The Morgan fingerprint density at radius 3 is 2.35 bits per heavy atom. The molecule has 23 heavy (non-hydrogen) atoms. The van der Waals surface area contributed by atoms with Crippen molar-refractivity contribution >= 4 is 17.9 Å². The lowest BCUT2D eigenvalue weighted by Crippen LogP contribution is -2.41. The highest BCUT2D eigenvalue weighted by molar-refractivity contribution is 5.97. The summed E-state index contributed by atoms with van der Waals surface area (Å²) in [5, 5.41) is 4.64. The van der Waals surface area contributed by atoms with Crippen LogP contribution < -0.4 is 10.6 Å². The molecule has 0 radical (unpaired) electrons. The number of benzene rings is 1. The van der Waals surface area contributed by atoms with E-state index in [2.05, 4.69) is 24.5 Å². The zero-order chi connectivity index (χ0) is 17.2. The van der Waals surface area contributed by atoms with Crippen LogP contribution in [0.1, 0.15) is 55.5 Å². The van der Waals surface area contributed by atoms with Crippen LogP contribution in [-0.4, -0.2) is 31.1 Å². The maximum Gasteiger partial charge on any atom is 0.338 e. The lowest BCUT2D eigenvalue weighted by molar-refractivity contribution is -0.123. The largest absolute Gasteiger partial charge is 0.452 e. The fourth-order valence-corrected chi connectivity index (χ4v) is 1.80. The van der Waals surface area contributed by atoms with E-state index >= 15 is 0 Å². The number of rotatable bonds is 7. The van der Waals surface area contributed by atoms with Gasteiger partial charge in [-0.15, -0.1) is 0 Å². The molecule has 3 amide bonds. The number of imide groups is 1. The zero-order valence-corrected chi connectivity index (χ0v) is 13.8. The highest BCUT2D eigenvalue weighted by Crippen LogP contribution is 2.15. The van der Waals surface area contributed by atoms with E-state index in [9.17, 15) is 14.4 Å². The van der Waals surface area contributed by atoms with Crippen molar-refractivity contribution in [3.8, 4) is 0 Å². The van der Waals surface area contributed by atoms with E-state index in [-0.39, 0.29) is 0 Å². The van der Waals surface area contributed by atoms with Crippen molar-refractivity contribution in [3.05, 3.63) is 35.4 Å². The summed E-state index contributed by atoms with van der Waals surface area (Å²) in [6.07, 6.45) is 1.78. The molecule has 1 aromatic rings. The molecule has 1 aromatic carbocycles. The fourth-order valence-electron chi connectivity index (χ4n) is 1.80. The van der Waals surface area contributed by atoms with Crippen molar-refractivity contribution in [2.75, 3.05) is 13.2 Å². The predicted octanol–water partition coefficient (Wildman–Crippen LogP) is 2.59. The molecule has 6 heteroatoms. The Labute approximate surface area is 136 Å². The smallest absolute Gasteiger partial charge is 0.338 e. The molecule has 1 rings (SSSR count). The maximum atomic E-state index is 11.8. The molecule has 0 saturated heterocycles. The van der Waals surface area contributed by atoms with E-state index in [1.165, 1.54) is 0 Å². The molecule has 6 nitrogen and oxygen atoms in total. The van der Waals surface area contributed by atoms with Gasteiger partial charge in [0.1, 0.15) is 0 Å². The number of carbonyl (C=O) groups is 3. The number of carbonyl (C=O) groups excluding carboxylic acids is 3. The molecule has 0 spiro atoms. The van der Waals surface area contributed by atoms with E-state index in [0.717, 1.165) is 18.4 Å². The quantitative estimate of drug-likeness (QED) is 0.597. The third kappa shape index (κ3) is 6.95. The summed E-state index contributed by atoms with van der Waals surface area (Å²) >= 11 is 0. The van der Waals surface area contributed by atoms with Gasteiger partial charge in [0.25, 0.3) is 5.91 Å². The maximum absolute atomic E-state index is 11.8. The number of nitrogens with one attached hydrogen (secondary N) is 2. The first-order valence-electron chi connectivity index (χ1n) is 7.78. The molecule has 0 bridgehead atoms. The van der Waals surface area contributed by atoms with Gasteiger partial charge in [0.05, 0.1) is 5.56 Å². The number of amides is 3. The highest BCUT2D eigenvalue weighted by atomic mass is 16.5. The molecule has 0 heterocycles. The van der Waals surface area contributed by atoms with Gasteiger partial charge < -0.3 is 10.1 Å². The molecule has 0 atom stereocenters. The van der Waals surface area contributed by atoms with E-state index in [1.807, 2.05) is 19.1 Å². The average molecular weight is 320 g/mol. The van der Waals surface area contributed by atoms with Crippen LogP contribution >= 0.6 is 0 Å². The minimum absolute atomic E-state index is 0.370. The Morgan fingerprint density at radius 2 is 1.78 bits per heavy atom. The molecule has 0 aliphatic heterocycles. The van der Waals surface area contributed by atoms with Gasteiger partial charge in [-0.05, 0) is 30.0 Å². The van der Waals surface area contributed by atoms with Gasteiger partial charge >= 0.3 is 12.0 Å². The normalized spacial score (nSPS) is 10.3. The average Bonchev–Trinajstić information content (AvgIpc) is 2.53. The lowest BCUT2D eigenvalue weighted by Gasteiger charge is -2.08. The second-order valence-corrected chi connectivity index (χ2v) is 5.51. The first kappa shape index (κ1) is 18.7. The minimum Gasteiger partial charge on any atom is -0.452 e. The van der Waals surface area contributed by atoms with Crippen LogP contribution in [0.25, 0.3) is 0 Å². The molecule has 0 fully saturated rings. The van der Waals surface area contributed by atoms with Crippen LogP contribution in [-0.2, 0) is 9.53 Å². The summed E-state index contributed by atoms with van der Waals surface area (Å²) in [6, 6.07) is 6.44. The number of esters is 1. The summed E-state index contributed by atoms with van der Waals surface area (Å²) < 4.78 is 4.89. The van der Waals surface area contributed by atoms with Crippen molar-refractivity contribution in [1.29, 1.82) is 0 Å². The molecular weight excluding hydrogens is 296 g/mol. The summed E-state index contributed by atoms with van der Waals surface area (Å²) in [5.74, 6) is -0.884. The minimum atomic E-state index is -0.661. The summed E-state index contributed by atoms with van der Waals surface area (Å²) in [4.78, 5) is 34.7. The van der Waals surface area contributed by atoms with Crippen LogP contribution in [0.4, 0.5) is 4.79 Å². The van der Waals surface area contributed by atoms with E-state index in [1.54, 1.807) is 12.1 Å². The lowest BCUT2D eigenvalue weighted by atomic mass is 10.0. The van der Waals surface area contributed by atoms with Crippen molar-refractivity contribution in [1.82, 2.24) is 10.6 Å². The SMILES string of the molecule is CCCCNC(=O)NC(=O)COC(=O)c1ccc(C(C)C)cc1. The zero-order valence-electron chi connectivity index (χ0n) is 13.8. The van der Waals surface area contributed by atoms with Crippen molar-refractivity contribution < 1.29 is 19.1 Å². The van der Waals surface area contributed by atoms with Crippen LogP contribution in [0.5, 0.6) is 0 Å². The van der Waals surface area contributed by atoms with Crippen molar-refractivity contribution in [3.63, 3.8) is 0 Å². The molecule has 0 aliphatic rings. The molecule has 0 saturated carbocycles. The molecular formula is C17H24N2O4.